The van der Waals surface area contributed by atoms with Crippen LogP contribution >= 0.6 is 0 Å². The van der Waals surface area contributed by atoms with Crippen molar-refractivity contribution in [1.82, 2.24) is 19.6 Å². The highest BCUT2D eigenvalue weighted by Crippen LogP contribution is 2.23. The summed E-state index contributed by atoms with van der Waals surface area (Å²) in [4.78, 5) is 54.0. The lowest BCUT2D eigenvalue weighted by molar-refractivity contribution is -0.142. The molecule has 1 N–H and O–H groups in total. The molecule has 0 bridgehead atoms. The van der Waals surface area contributed by atoms with Crippen molar-refractivity contribution in [2.75, 3.05) is 26.2 Å². The van der Waals surface area contributed by atoms with Crippen molar-refractivity contribution < 1.29 is 9.59 Å². The summed E-state index contributed by atoms with van der Waals surface area (Å²) in [5, 5.41) is 3.12. The SMILES string of the molecule is CC1CCN(C(=O)C2CCN(C(=O)Cn3[nH]c(=O)c4ccccc4c3=O)CC2)CC1. The van der Waals surface area contributed by atoms with Crippen LogP contribution in [-0.4, -0.2) is 57.6 Å². The van der Waals surface area contributed by atoms with Gasteiger partial charge in [0.1, 0.15) is 6.54 Å². The molecule has 0 spiro atoms. The fraction of sp³-hybridized carbons (Fsp3) is 0.545. The number of aromatic nitrogens is 2. The molecule has 0 aliphatic carbocycles. The number of piperidine rings is 2. The normalized spacial score (nSPS) is 18.7. The Morgan fingerprint density at radius 2 is 1.53 bits per heavy atom. The smallest absolute Gasteiger partial charge is 0.273 e. The van der Waals surface area contributed by atoms with Crippen LogP contribution in [0.25, 0.3) is 10.8 Å². The summed E-state index contributed by atoms with van der Waals surface area (Å²) in [5.41, 5.74) is -0.777. The second-order valence-electron chi connectivity index (χ2n) is 8.54. The fourth-order valence-corrected chi connectivity index (χ4v) is 4.46. The molecule has 8 heteroatoms. The molecule has 1 aromatic heterocycles. The van der Waals surface area contributed by atoms with Gasteiger partial charge in [0.2, 0.25) is 11.8 Å². The highest BCUT2D eigenvalue weighted by Gasteiger charge is 2.31. The van der Waals surface area contributed by atoms with E-state index >= 15 is 0 Å². The minimum absolute atomic E-state index is 0.0364. The first kappa shape index (κ1) is 20.4. The van der Waals surface area contributed by atoms with Crippen molar-refractivity contribution in [2.24, 2.45) is 11.8 Å². The Hall–Kier alpha value is -2.90. The predicted molar refractivity (Wildman–Crippen MR) is 113 cm³/mol. The van der Waals surface area contributed by atoms with Crippen molar-refractivity contribution in [3.8, 4) is 0 Å². The van der Waals surface area contributed by atoms with Gasteiger partial charge in [0.25, 0.3) is 11.1 Å². The van der Waals surface area contributed by atoms with Gasteiger partial charge >= 0.3 is 0 Å². The van der Waals surface area contributed by atoms with E-state index in [4.69, 9.17) is 0 Å². The number of carbonyl (C=O) groups is 2. The summed E-state index contributed by atoms with van der Waals surface area (Å²) in [6.45, 7) is 4.66. The summed E-state index contributed by atoms with van der Waals surface area (Å²) in [6.07, 6.45) is 3.39. The van der Waals surface area contributed by atoms with Crippen molar-refractivity contribution in [3.63, 3.8) is 0 Å². The largest absolute Gasteiger partial charge is 0.342 e. The number of likely N-dealkylation sites (tertiary alicyclic amines) is 2. The van der Waals surface area contributed by atoms with Crippen LogP contribution in [0.1, 0.15) is 32.6 Å². The summed E-state index contributed by atoms with van der Waals surface area (Å²) < 4.78 is 1.08. The Morgan fingerprint density at radius 3 is 2.20 bits per heavy atom. The molecular weight excluding hydrogens is 384 g/mol. The molecular formula is C22H28N4O4. The monoisotopic (exact) mass is 412 g/mol. The van der Waals surface area contributed by atoms with E-state index in [-0.39, 0.29) is 29.8 Å². The third-order valence-electron chi connectivity index (χ3n) is 6.47. The maximum atomic E-state index is 12.8. The van der Waals surface area contributed by atoms with Gasteiger partial charge in [-0.2, -0.15) is 0 Å². The van der Waals surface area contributed by atoms with Gasteiger partial charge in [-0.05, 0) is 43.7 Å². The molecule has 2 aliphatic rings. The van der Waals surface area contributed by atoms with Crippen molar-refractivity contribution in [1.29, 1.82) is 0 Å². The van der Waals surface area contributed by atoms with Crippen molar-refractivity contribution in [2.45, 2.75) is 39.2 Å². The maximum Gasteiger partial charge on any atom is 0.273 e. The van der Waals surface area contributed by atoms with Gasteiger partial charge in [-0.15, -0.1) is 0 Å². The third-order valence-corrected chi connectivity index (χ3v) is 6.47. The average molecular weight is 412 g/mol. The van der Waals surface area contributed by atoms with E-state index < -0.39 is 5.56 Å². The zero-order valence-electron chi connectivity index (χ0n) is 17.3. The number of H-pyrrole nitrogens is 1. The lowest BCUT2D eigenvalue weighted by atomic mass is 9.92. The molecule has 0 unspecified atom stereocenters. The summed E-state index contributed by atoms with van der Waals surface area (Å²) in [5.74, 6) is 0.633. The number of nitrogens with one attached hydrogen (secondary N) is 1. The van der Waals surface area contributed by atoms with Crippen LogP contribution in [0.5, 0.6) is 0 Å². The Labute approximate surface area is 174 Å². The number of fused-ring (bicyclic) bond motifs is 1. The molecule has 2 aliphatic heterocycles. The molecule has 160 valence electrons. The number of aromatic amines is 1. The zero-order chi connectivity index (χ0) is 21.3. The van der Waals surface area contributed by atoms with Crippen molar-refractivity contribution in [3.05, 3.63) is 45.0 Å². The van der Waals surface area contributed by atoms with Gasteiger partial charge in [0.05, 0.1) is 10.8 Å². The number of amides is 2. The Bertz CT molecular complexity index is 1060. The van der Waals surface area contributed by atoms with E-state index in [0.29, 0.717) is 42.6 Å². The topological polar surface area (TPSA) is 95.5 Å². The first-order valence-electron chi connectivity index (χ1n) is 10.7. The molecule has 2 aromatic rings. The van der Waals surface area contributed by atoms with Crippen LogP contribution in [0.15, 0.2) is 33.9 Å². The van der Waals surface area contributed by atoms with Gasteiger partial charge in [-0.25, -0.2) is 4.68 Å². The molecule has 1 aromatic carbocycles. The molecule has 3 heterocycles. The Kier molecular flexibility index (Phi) is 5.74. The molecule has 4 rings (SSSR count). The lowest BCUT2D eigenvalue weighted by Gasteiger charge is -2.36. The zero-order valence-corrected chi connectivity index (χ0v) is 17.3. The van der Waals surface area contributed by atoms with Crippen LogP contribution in [-0.2, 0) is 16.1 Å². The van der Waals surface area contributed by atoms with E-state index in [1.165, 1.54) is 0 Å². The van der Waals surface area contributed by atoms with E-state index in [1.807, 2.05) is 4.90 Å². The minimum Gasteiger partial charge on any atom is -0.342 e. The van der Waals surface area contributed by atoms with Crippen LogP contribution in [0.3, 0.4) is 0 Å². The number of hydrogen-bond donors (Lipinski definition) is 1. The minimum atomic E-state index is -0.391. The Morgan fingerprint density at radius 1 is 0.933 bits per heavy atom. The number of hydrogen-bond acceptors (Lipinski definition) is 4. The van der Waals surface area contributed by atoms with E-state index in [1.54, 1.807) is 29.2 Å². The first-order valence-corrected chi connectivity index (χ1v) is 10.7. The van der Waals surface area contributed by atoms with E-state index in [9.17, 15) is 19.2 Å². The number of rotatable bonds is 3. The number of carbonyl (C=O) groups excluding carboxylic acids is 2. The highest BCUT2D eigenvalue weighted by molar-refractivity contribution is 5.82. The quantitative estimate of drug-likeness (QED) is 0.819. The molecule has 30 heavy (non-hydrogen) atoms. The fourth-order valence-electron chi connectivity index (χ4n) is 4.46. The van der Waals surface area contributed by atoms with Gasteiger partial charge in [-0.1, -0.05) is 19.1 Å². The first-order chi connectivity index (χ1) is 14.4. The molecule has 2 fully saturated rings. The molecule has 2 saturated heterocycles. The molecule has 2 amide bonds. The summed E-state index contributed by atoms with van der Waals surface area (Å²) in [6, 6.07) is 6.57. The second-order valence-corrected chi connectivity index (χ2v) is 8.54. The highest BCUT2D eigenvalue weighted by atomic mass is 16.2. The van der Waals surface area contributed by atoms with Crippen LogP contribution in [0, 0.1) is 11.8 Å². The van der Waals surface area contributed by atoms with Crippen LogP contribution in [0.2, 0.25) is 0 Å². The maximum absolute atomic E-state index is 12.8. The van der Waals surface area contributed by atoms with Crippen LogP contribution in [0.4, 0.5) is 0 Å². The number of benzene rings is 1. The Balaban J connectivity index is 1.38. The van der Waals surface area contributed by atoms with Gasteiger partial charge < -0.3 is 9.80 Å². The standard InChI is InChI=1S/C22H28N4O4/c1-15-6-10-25(11-7-15)21(29)16-8-12-24(13-9-16)19(27)14-26-22(30)18-5-3-2-4-17(18)20(28)23-26/h2-5,15-16H,6-14H2,1H3,(H,23,28). The molecule has 8 nitrogen and oxygen atoms in total. The second kappa shape index (κ2) is 8.45. The third kappa shape index (κ3) is 4.04. The molecule has 0 atom stereocenters. The van der Waals surface area contributed by atoms with E-state index in [0.717, 1.165) is 30.6 Å². The lowest BCUT2D eigenvalue weighted by Crippen LogP contribution is -2.47. The van der Waals surface area contributed by atoms with Crippen LogP contribution < -0.4 is 11.1 Å². The summed E-state index contributed by atoms with van der Waals surface area (Å²) >= 11 is 0. The molecule has 0 radical (unpaired) electrons. The van der Waals surface area contributed by atoms with Gasteiger partial charge in [-0.3, -0.25) is 24.3 Å². The number of nitrogens with zero attached hydrogens (tertiary/aromatic N) is 3. The average Bonchev–Trinajstić information content (AvgIpc) is 2.77. The summed E-state index contributed by atoms with van der Waals surface area (Å²) in [7, 11) is 0. The van der Waals surface area contributed by atoms with Gasteiger partial charge in [0, 0.05) is 32.1 Å². The van der Waals surface area contributed by atoms with Gasteiger partial charge in [0.15, 0.2) is 0 Å². The van der Waals surface area contributed by atoms with E-state index in [2.05, 4.69) is 12.0 Å². The molecule has 0 saturated carbocycles. The predicted octanol–water partition coefficient (Wildman–Crippen LogP) is 1.19. The van der Waals surface area contributed by atoms with Crippen molar-refractivity contribution >= 4 is 22.6 Å².